The van der Waals surface area contributed by atoms with Crippen LogP contribution in [0.1, 0.15) is 0 Å². The summed E-state index contributed by atoms with van der Waals surface area (Å²) in [5.41, 5.74) is 0.709. The van der Waals surface area contributed by atoms with Gasteiger partial charge in [0.1, 0.15) is 5.75 Å². The first-order chi connectivity index (χ1) is 4.86. The van der Waals surface area contributed by atoms with E-state index in [1.54, 1.807) is 19.2 Å². The average molecular weight is 157 g/mol. The first-order valence-electron chi connectivity index (χ1n) is 2.83. The van der Waals surface area contributed by atoms with Gasteiger partial charge in [0.15, 0.2) is 0 Å². The predicted molar refractivity (Wildman–Crippen MR) is 40.6 cm³/mol. The Hall–Kier alpha value is -0.890. The molecule has 3 heteroatoms. The first-order valence-corrected chi connectivity index (χ1v) is 3.16. The molecule has 0 N–H and O–H groups in total. The minimum atomic E-state index is 0.709. The van der Waals surface area contributed by atoms with Gasteiger partial charge in [-0.05, 0) is 12.1 Å². The van der Waals surface area contributed by atoms with Gasteiger partial charge >= 0.3 is 0 Å². The number of hydrogen-bond acceptors (Lipinski definition) is 1. The maximum Gasteiger partial charge on any atom is 0.121 e. The van der Waals surface area contributed by atoms with Crippen molar-refractivity contribution >= 4 is 17.5 Å². The highest BCUT2D eigenvalue weighted by Gasteiger charge is 1.92. The van der Waals surface area contributed by atoms with Gasteiger partial charge in [0.05, 0.1) is 12.8 Å². The molecule has 0 aliphatic heterocycles. The zero-order valence-electron chi connectivity index (χ0n) is 5.54. The minimum absolute atomic E-state index is 0.709. The predicted octanol–water partition coefficient (Wildman–Crippen LogP) is 2.08. The van der Waals surface area contributed by atoms with E-state index in [2.05, 4.69) is 4.84 Å². The van der Waals surface area contributed by atoms with Gasteiger partial charge in [0.25, 0.3) is 0 Å². The molecule has 10 heavy (non-hydrogen) atoms. The summed E-state index contributed by atoms with van der Waals surface area (Å²) < 4.78 is 4.94. The van der Waals surface area contributed by atoms with Gasteiger partial charge in [-0.15, -0.1) is 0 Å². The summed E-state index contributed by atoms with van der Waals surface area (Å²) in [7, 11) is 1.60. The number of nitrogens with zero attached hydrogens (tertiary/aromatic N) is 1. The number of ether oxygens (including phenoxy) is 1. The second-order valence-electron chi connectivity index (χ2n) is 1.79. The Morgan fingerprint density at radius 3 is 2.90 bits per heavy atom. The van der Waals surface area contributed by atoms with Crippen molar-refractivity contribution in [2.24, 2.45) is 0 Å². The lowest BCUT2D eigenvalue weighted by molar-refractivity contribution is 0.415. The van der Waals surface area contributed by atoms with Crippen LogP contribution in [0.25, 0.3) is 0 Å². The SMILES string of the molecule is COc1cccc([N]Cl)c1. The van der Waals surface area contributed by atoms with Crippen LogP contribution in [-0.4, -0.2) is 7.11 Å². The molecule has 1 aromatic rings. The minimum Gasteiger partial charge on any atom is -0.497 e. The zero-order valence-corrected chi connectivity index (χ0v) is 6.30. The molecular weight excluding hydrogens is 150 g/mol. The van der Waals surface area contributed by atoms with Crippen molar-refractivity contribution in [2.75, 3.05) is 7.11 Å². The standard InChI is InChI=1S/C7H7ClNO/c1-10-7-4-2-3-6(5-7)9-8/h2-5H,1H3. The van der Waals surface area contributed by atoms with Crippen molar-refractivity contribution in [3.8, 4) is 5.75 Å². The Labute approximate surface area is 64.9 Å². The Morgan fingerprint density at radius 1 is 1.50 bits per heavy atom. The molecule has 0 heterocycles. The second-order valence-corrected chi connectivity index (χ2v) is 1.96. The molecule has 0 bridgehead atoms. The van der Waals surface area contributed by atoms with Crippen LogP contribution in [0.5, 0.6) is 5.75 Å². The Balaban J connectivity index is 2.87. The Kier molecular flexibility index (Phi) is 2.40. The Bertz CT molecular complexity index is 195. The molecule has 1 rings (SSSR count). The monoisotopic (exact) mass is 156 g/mol. The fourth-order valence-electron chi connectivity index (χ4n) is 0.663. The smallest absolute Gasteiger partial charge is 0.121 e. The van der Waals surface area contributed by atoms with E-state index in [0.29, 0.717) is 5.69 Å². The van der Waals surface area contributed by atoms with Crippen LogP contribution in [0.2, 0.25) is 0 Å². The topological polar surface area (TPSA) is 23.3 Å². The first kappa shape index (κ1) is 7.22. The van der Waals surface area contributed by atoms with E-state index in [1.165, 1.54) is 0 Å². The maximum atomic E-state index is 5.23. The normalized spacial score (nSPS) is 9.00. The molecule has 1 aromatic carbocycles. The molecule has 0 fully saturated rings. The summed E-state index contributed by atoms with van der Waals surface area (Å²) in [5, 5.41) is 0. The molecule has 0 spiro atoms. The third-order valence-electron chi connectivity index (χ3n) is 1.15. The quantitative estimate of drug-likeness (QED) is 0.643. The number of halogens is 1. The average Bonchev–Trinajstić information content (AvgIpc) is 2.05. The lowest BCUT2D eigenvalue weighted by Crippen LogP contribution is -1.83. The van der Waals surface area contributed by atoms with Crippen molar-refractivity contribution in [3.63, 3.8) is 0 Å². The summed E-state index contributed by atoms with van der Waals surface area (Å²) in [6.07, 6.45) is 0. The molecule has 0 aromatic heterocycles. The van der Waals surface area contributed by atoms with Crippen molar-refractivity contribution in [3.05, 3.63) is 24.3 Å². The van der Waals surface area contributed by atoms with Gasteiger partial charge < -0.3 is 4.74 Å². The fourth-order valence-corrected chi connectivity index (χ4v) is 0.768. The van der Waals surface area contributed by atoms with Gasteiger partial charge in [-0.1, -0.05) is 6.07 Å². The largest absolute Gasteiger partial charge is 0.497 e. The third-order valence-corrected chi connectivity index (χ3v) is 1.35. The molecular formula is C7H7ClNO. The van der Waals surface area contributed by atoms with Crippen LogP contribution in [0.3, 0.4) is 0 Å². The lowest BCUT2D eigenvalue weighted by atomic mass is 10.3. The molecule has 53 valence electrons. The van der Waals surface area contributed by atoms with Gasteiger partial charge in [-0.2, -0.15) is 4.84 Å². The van der Waals surface area contributed by atoms with Crippen LogP contribution in [0, 0.1) is 0 Å². The van der Waals surface area contributed by atoms with E-state index in [1.807, 2.05) is 12.1 Å². The van der Waals surface area contributed by atoms with Gasteiger partial charge in [-0.25, -0.2) is 0 Å². The molecule has 0 amide bonds. The van der Waals surface area contributed by atoms with Crippen LogP contribution >= 0.6 is 11.8 Å². The molecule has 0 aliphatic carbocycles. The third kappa shape index (κ3) is 1.54. The van der Waals surface area contributed by atoms with Crippen molar-refractivity contribution < 1.29 is 4.74 Å². The van der Waals surface area contributed by atoms with Gasteiger partial charge in [-0.3, -0.25) is 0 Å². The van der Waals surface area contributed by atoms with E-state index in [9.17, 15) is 0 Å². The van der Waals surface area contributed by atoms with Crippen LogP contribution in [-0.2, 0) is 0 Å². The van der Waals surface area contributed by atoms with Crippen molar-refractivity contribution in [1.82, 2.24) is 4.84 Å². The fraction of sp³-hybridized carbons (Fsp3) is 0.143. The number of hydrogen-bond donors (Lipinski definition) is 0. The molecule has 0 unspecified atom stereocenters. The molecule has 0 aliphatic rings. The summed E-state index contributed by atoms with van der Waals surface area (Å²) >= 11 is 5.23. The summed E-state index contributed by atoms with van der Waals surface area (Å²) in [4.78, 5) is 3.47. The summed E-state index contributed by atoms with van der Waals surface area (Å²) in [5.74, 6) is 0.766. The number of methoxy groups -OCH3 is 1. The van der Waals surface area contributed by atoms with Crippen LogP contribution in [0.4, 0.5) is 5.69 Å². The van der Waals surface area contributed by atoms with Crippen LogP contribution < -0.4 is 9.57 Å². The van der Waals surface area contributed by atoms with Crippen molar-refractivity contribution in [1.29, 1.82) is 0 Å². The second kappa shape index (κ2) is 3.32. The van der Waals surface area contributed by atoms with E-state index in [4.69, 9.17) is 16.5 Å². The molecule has 0 saturated heterocycles. The molecule has 0 saturated carbocycles. The lowest BCUT2D eigenvalue weighted by Gasteiger charge is -1.98. The van der Waals surface area contributed by atoms with Gasteiger partial charge in [0, 0.05) is 17.8 Å². The molecule has 1 radical (unpaired) electrons. The van der Waals surface area contributed by atoms with Gasteiger partial charge in [0.2, 0.25) is 0 Å². The maximum absolute atomic E-state index is 5.23. The van der Waals surface area contributed by atoms with E-state index >= 15 is 0 Å². The summed E-state index contributed by atoms with van der Waals surface area (Å²) in [6.45, 7) is 0. The highest BCUT2D eigenvalue weighted by molar-refractivity contribution is 6.15. The Morgan fingerprint density at radius 2 is 2.30 bits per heavy atom. The highest BCUT2D eigenvalue weighted by Crippen LogP contribution is 2.16. The van der Waals surface area contributed by atoms with Crippen molar-refractivity contribution in [2.45, 2.75) is 0 Å². The van der Waals surface area contributed by atoms with E-state index < -0.39 is 0 Å². The van der Waals surface area contributed by atoms with E-state index in [0.717, 1.165) is 5.75 Å². The highest BCUT2D eigenvalue weighted by atomic mass is 35.5. The van der Waals surface area contributed by atoms with E-state index in [-0.39, 0.29) is 0 Å². The summed E-state index contributed by atoms with van der Waals surface area (Å²) in [6, 6.07) is 7.23. The number of rotatable bonds is 2. The number of benzene rings is 1. The zero-order chi connectivity index (χ0) is 7.40. The van der Waals surface area contributed by atoms with Crippen LogP contribution in [0.15, 0.2) is 24.3 Å². The molecule has 0 atom stereocenters. The molecule has 2 nitrogen and oxygen atoms in total.